The highest BCUT2D eigenvalue weighted by molar-refractivity contribution is 6.31. The van der Waals surface area contributed by atoms with Crippen molar-refractivity contribution >= 4 is 52.5 Å². The number of piperazine rings is 1. The molecule has 5 aliphatic rings. The third-order valence-corrected chi connectivity index (χ3v) is 13.6. The molecule has 4 aliphatic heterocycles. The van der Waals surface area contributed by atoms with Crippen LogP contribution in [0.1, 0.15) is 90.0 Å². The van der Waals surface area contributed by atoms with E-state index in [0.717, 1.165) is 56.2 Å². The summed E-state index contributed by atoms with van der Waals surface area (Å²) in [5.41, 5.74) is 1.46. The minimum Gasteiger partial charge on any atom is -0.489 e. The van der Waals surface area contributed by atoms with Gasteiger partial charge in [-0.1, -0.05) is 39.3 Å². The number of carbonyl (C=O) groups is 5. The molecule has 3 saturated heterocycles. The molecule has 314 valence electrons. The molecule has 5 amide bonds. The van der Waals surface area contributed by atoms with Gasteiger partial charge in [0, 0.05) is 86.4 Å². The number of imide groups is 2. The summed E-state index contributed by atoms with van der Waals surface area (Å²) in [4.78, 5) is 72.2. The number of amides is 5. The van der Waals surface area contributed by atoms with Crippen molar-refractivity contribution < 1.29 is 33.1 Å². The van der Waals surface area contributed by atoms with E-state index in [2.05, 4.69) is 54.2 Å². The van der Waals surface area contributed by atoms with E-state index < -0.39 is 35.5 Å². The molecule has 0 spiro atoms. The molecule has 13 nitrogen and oxygen atoms in total. The second-order valence-electron chi connectivity index (χ2n) is 17.8. The van der Waals surface area contributed by atoms with Gasteiger partial charge < -0.3 is 19.9 Å². The Bertz CT molecular complexity index is 2280. The van der Waals surface area contributed by atoms with Crippen LogP contribution < -0.4 is 25.2 Å². The number of nitrogens with zero attached hydrogens (tertiary/aromatic N) is 5. The Hall–Kier alpha value is -5.52. The maximum absolute atomic E-state index is 15.5. The van der Waals surface area contributed by atoms with Gasteiger partial charge in [0.2, 0.25) is 11.8 Å². The summed E-state index contributed by atoms with van der Waals surface area (Å²) in [6, 6.07) is 16.1. The molecule has 0 aromatic heterocycles. The van der Waals surface area contributed by atoms with Crippen LogP contribution >= 0.6 is 11.6 Å². The molecule has 4 fully saturated rings. The number of ether oxygens (including phenoxy) is 1. The number of fused-ring (bicyclic) bond motifs is 1. The maximum atomic E-state index is 15.5. The normalized spacial score (nSPS) is 24.1. The number of rotatable bonds is 9. The van der Waals surface area contributed by atoms with Crippen LogP contribution in [-0.4, -0.2) is 103 Å². The molecular formula is C45H49ClFN7O6. The standard InChI is InChI=1S/C45H49ClFN7O6/c1-44(2)42(45(3,4)43(44)60-30-10-7-28(24-48)32(46)23-30)50-38(56)27-5-8-29(9-6-27)52-21-19-51(20-22-52)25-26-15-17-53(18-16-26)37-33(47)12-11-31-36(37)41(59)54(40(31)58)34-13-14-35(55)49-39(34)57/h5-12,23,26,34,42-43H,13-22,25H2,1-4H3,(H,50,56)(H,49,55,57). The summed E-state index contributed by atoms with van der Waals surface area (Å²) in [6.07, 6.45) is 1.44. The predicted octanol–water partition coefficient (Wildman–Crippen LogP) is 5.40. The first-order chi connectivity index (χ1) is 28.6. The van der Waals surface area contributed by atoms with E-state index in [4.69, 9.17) is 16.3 Å². The highest BCUT2D eigenvalue weighted by atomic mass is 35.5. The number of benzene rings is 3. The highest BCUT2D eigenvalue weighted by Crippen LogP contribution is 2.55. The number of nitriles is 1. The number of piperidine rings is 2. The molecule has 1 aliphatic carbocycles. The van der Waals surface area contributed by atoms with E-state index in [1.807, 2.05) is 29.2 Å². The predicted molar refractivity (Wildman–Crippen MR) is 223 cm³/mol. The lowest BCUT2D eigenvalue weighted by Gasteiger charge is -2.63. The third-order valence-electron chi connectivity index (χ3n) is 13.3. The lowest BCUT2D eigenvalue weighted by Crippen LogP contribution is -2.74. The zero-order valence-corrected chi connectivity index (χ0v) is 35.0. The lowest BCUT2D eigenvalue weighted by molar-refractivity contribution is -0.164. The fraction of sp³-hybridized carbons (Fsp3) is 0.467. The number of anilines is 2. The first-order valence-electron chi connectivity index (χ1n) is 20.6. The van der Waals surface area contributed by atoms with Crippen molar-refractivity contribution in [2.24, 2.45) is 16.7 Å². The van der Waals surface area contributed by atoms with Crippen molar-refractivity contribution in [1.82, 2.24) is 20.4 Å². The van der Waals surface area contributed by atoms with Gasteiger partial charge in [-0.05, 0) is 73.7 Å². The van der Waals surface area contributed by atoms with Gasteiger partial charge in [0.1, 0.15) is 29.8 Å². The number of hydrogen-bond acceptors (Lipinski definition) is 10. The van der Waals surface area contributed by atoms with E-state index >= 15 is 4.39 Å². The van der Waals surface area contributed by atoms with E-state index in [-0.39, 0.29) is 58.5 Å². The fourth-order valence-corrected chi connectivity index (χ4v) is 10.6. The van der Waals surface area contributed by atoms with Crippen molar-refractivity contribution in [2.75, 3.05) is 55.6 Å². The largest absolute Gasteiger partial charge is 0.489 e. The van der Waals surface area contributed by atoms with Crippen molar-refractivity contribution in [1.29, 1.82) is 5.26 Å². The van der Waals surface area contributed by atoms with E-state index in [1.54, 1.807) is 18.2 Å². The van der Waals surface area contributed by atoms with Crippen molar-refractivity contribution in [3.8, 4) is 11.8 Å². The van der Waals surface area contributed by atoms with Crippen molar-refractivity contribution in [3.63, 3.8) is 0 Å². The fourth-order valence-electron chi connectivity index (χ4n) is 10.4. The molecule has 3 aromatic carbocycles. The van der Waals surface area contributed by atoms with Gasteiger partial charge >= 0.3 is 0 Å². The number of hydrogen-bond donors (Lipinski definition) is 2. The van der Waals surface area contributed by atoms with Crippen LogP contribution in [0.15, 0.2) is 54.6 Å². The molecule has 1 atom stereocenters. The second-order valence-corrected chi connectivity index (χ2v) is 18.2. The molecule has 2 N–H and O–H groups in total. The lowest BCUT2D eigenvalue weighted by atomic mass is 9.49. The molecule has 0 radical (unpaired) electrons. The van der Waals surface area contributed by atoms with Crippen LogP contribution in [0.4, 0.5) is 15.8 Å². The van der Waals surface area contributed by atoms with Crippen LogP contribution in [0, 0.1) is 33.9 Å². The topological polar surface area (TPSA) is 155 Å². The van der Waals surface area contributed by atoms with Gasteiger partial charge in [-0.3, -0.25) is 39.1 Å². The minimum atomic E-state index is -1.11. The average molecular weight is 838 g/mol. The SMILES string of the molecule is CC1(C)C(NC(=O)c2ccc(N3CCN(CC4CCN(c5c(F)ccc6c5C(=O)N(C5CCC(=O)NC5=O)C6=O)CC4)CC3)cc2)C(C)(C)C1Oc1ccc(C#N)c(Cl)c1. The first kappa shape index (κ1) is 41.2. The van der Waals surface area contributed by atoms with Crippen LogP contribution in [0.5, 0.6) is 5.75 Å². The second kappa shape index (κ2) is 15.8. The van der Waals surface area contributed by atoms with E-state index in [1.165, 1.54) is 12.1 Å². The molecule has 1 saturated carbocycles. The Labute approximate surface area is 353 Å². The van der Waals surface area contributed by atoms with Gasteiger partial charge in [-0.2, -0.15) is 5.26 Å². The monoisotopic (exact) mass is 837 g/mol. The van der Waals surface area contributed by atoms with Crippen LogP contribution in [0.2, 0.25) is 5.02 Å². The summed E-state index contributed by atoms with van der Waals surface area (Å²) >= 11 is 6.25. The van der Waals surface area contributed by atoms with Crippen molar-refractivity contribution in [2.45, 2.75) is 71.6 Å². The Morgan fingerprint density at radius 3 is 2.22 bits per heavy atom. The van der Waals surface area contributed by atoms with Gasteiger partial charge in [0.15, 0.2) is 0 Å². The molecular weight excluding hydrogens is 789 g/mol. The van der Waals surface area contributed by atoms with Crippen LogP contribution in [0.25, 0.3) is 0 Å². The summed E-state index contributed by atoms with van der Waals surface area (Å²) < 4.78 is 21.8. The van der Waals surface area contributed by atoms with Gasteiger partial charge in [-0.25, -0.2) is 4.39 Å². The summed E-state index contributed by atoms with van der Waals surface area (Å²) in [5, 5.41) is 15.0. The third kappa shape index (κ3) is 7.36. The molecule has 60 heavy (non-hydrogen) atoms. The molecule has 3 aromatic rings. The quantitative estimate of drug-likeness (QED) is 0.268. The van der Waals surface area contributed by atoms with Crippen LogP contribution in [-0.2, 0) is 9.59 Å². The Balaban J connectivity index is 0.814. The van der Waals surface area contributed by atoms with E-state index in [0.29, 0.717) is 40.9 Å². The minimum absolute atomic E-state index is 0.00816. The number of carbonyl (C=O) groups excluding carboxylic acids is 5. The van der Waals surface area contributed by atoms with Crippen molar-refractivity contribution in [3.05, 3.63) is 87.7 Å². The molecule has 1 unspecified atom stereocenters. The maximum Gasteiger partial charge on any atom is 0.264 e. The average Bonchev–Trinajstić information content (AvgIpc) is 3.47. The molecule has 8 rings (SSSR count). The summed E-state index contributed by atoms with van der Waals surface area (Å²) in [6.45, 7) is 13.7. The molecule has 15 heteroatoms. The zero-order chi connectivity index (χ0) is 42.7. The molecule has 0 bridgehead atoms. The Morgan fingerprint density at radius 1 is 0.900 bits per heavy atom. The summed E-state index contributed by atoms with van der Waals surface area (Å²) in [5.74, 6) is -2.26. The van der Waals surface area contributed by atoms with Gasteiger partial charge in [0.25, 0.3) is 17.7 Å². The van der Waals surface area contributed by atoms with Gasteiger partial charge in [0.05, 0.1) is 27.4 Å². The molecule has 4 heterocycles. The van der Waals surface area contributed by atoms with Gasteiger partial charge in [-0.15, -0.1) is 0 Å². The number of halogens is 2. The smallest absolute Gasteiger partial charge is 0.264 e. The summed E-state index contributed by atoms with van der Waals surface area (Å²) in [7, 11) is 0. The zero-order valence-electron chi connectivity index (χ0n) is 34.2. The highest BCUT2D eigenvalue weighted by Gasteiger charge is 2.64. The Morgan fingerprint density at radius 2 is 1.58 bits per heavy atom. The van der Waals surface area contributed by atoms with Crippen LogP contribution in [0.3, 0.4) is 0 Å². The Kier molecular flexibility index (Phi) is 10.9. The number of nitrogens with one attached hydrogen (secondary N) is 2. The van der Waals surface area contributed by atoms with E-state index in [9.17, 15) is 29.2 Å². The first-order valence-corrected chi connectivity index (χ1v) is 21.0.